The fourth-order valence-electron chi connectivity index (χ4n) is 3.99. The molecule has 3 aromatic rings. The van der Waals surface area contributed by atoms with Crippen LogP contribution >= 0.6 is 12.6 Å². The molecule has 0 radical (unpaired) electrons. The molecule has 0 saturated heterocycles. The number of nitrogens with one attached hydrogen (secondary N) is 5. The van der Waals surface area contributed by atoms with Crippen molar-refractivity contribution in [3.63, 3.8) is 0 Å². The van der Waals surface area contributed by atoms with Crippen LogP contribution in [0.1, 0.15) is 24.1 Å². The van der Waals surface area contributed by atoms with Gasteiger partial charge >= 0.3 is 11.9 Å². The first-order valence-corrected chi connectivity index (χ1v) is 13.0. The highest BCUT2D eigenvalue weighted by molar-refractivity contribution is 7.80. The Morgan fingerprint density at radius 3 is 2.25 bits per heavy atom. The molecule has 1 aromatic carbocycles. The Balaban J connectivity index is 1.82. The van der Waals surface area contributed by atoms with Gasteiger partial charge in [-0.25, -0.2) is 9.78 Å². The van der Waals surface area contributed by atoms with Gasteiger partial charge in [0.25, 0.3) is 0 Å². The van der Waals surface area contributed by atoms with Crippen LogP contribution < -0.4 is 21.7 Å². The van der Waals surface area contributed by atoms with Gasteiger partial charge in [0.1, 0.15) is 18.1 Å². The van der Waals surface area contributed by atoms with E-state index in [9.17, 15) is 34.2 Å². The van der Waals surface area contributed by atoms with Gasteiger partial charge in [0, 0.05) is 54.0 Å². The number of aromatic nitrogens is 3. The van der Waals surface area contributed by atoms with Crippen LogP contribution in [-0.2, 0) is 36.8 Å². The van der Waals surface area contributed by atoms with Crippen molar-refractivity contribution in [2.24, 2.45) is 5.73 Å². The minimum atomic E-state index is -1.41. The quantitative estimate of drug-likeness (QED) is 0.105. The minimum absolute atomic E-state index is 0.0177. The minimum Gasteiger partial charge on any atom is -0.481 e. The van der Waals surface area contributed by atoms with Crippen LogP contribution in [0.4, 0.5) is 0 Å². The summed E-state index contributed by atoms with van der Waals surface area (Å²) in [6.07, 6.45) is 3.53. The first kappa shape index (κ1) is 30.2. The second kappa shape index (κ2) is 14.1. The summed E-state index contributed by atoms with van der Waals surface area (Å²) in [4.78, 5) is 71.8. The highest BCUT2D eigenvalue weighted by Gasteiger charge is 2.31. The number of nitrogens with zero attached hydrogens (tertiary/aromatic N) is 1. The number of aromatic amines is 2. The van der Waals surface area contributed by atoms with Gasteiger partial charge in [0.2, 0.25) is 17.7 Å². The number of imidazole rings is 1. The number of H-pyrrole nitrogens is 2. The van der Waals surface area contributed by atoms with Crippen LogP contribution in [0.5, 0.6) is 0 Å². The maximum Gasteiger partial charge on any atom is 0.326 e. The van der Waals surface area contributed by atoms with Crippen LogP contribution in [0, 0.1) is 0 Å². The van der Waals surface area contributed by atoms with Crippen LogP contribution in [0.15, 0.2) is 43.0 Å². The van der Waals surface area contributed by atoms with Crippen LogP contribution in [0.2, 0.25) is 0 Å². The van der Waals surface area contributed by atoms with Gasteiger partial charge in [-0.2, -0.15) is 12.6 Å². The van der Waals surface area contributed by atoms with Crippen molar-refractivity contribution in [2.75, 3.05) is 5.75 Å². The molecule has 15 heteroatoms. The summed E-state index contributed by atoms with van der Waals surface area (Å²) in [5, 5.41) is 27.0. The van der Waals surface area contributed by atoms with Gasteiger partial charge in [-0.05, 0) is 18.1 Å². The number of thiol groups is 1. The van der Waals surface area contributed by atoms with Crippen LogP contribution in [0.3, 0.4) is 0 Å². The van der Waals surface area contributed by atoms with E-state index in [1.54, 1.807) is 6.20 Å². The number of para-hydroxylation sites is 1. The number of aliphatic carboxylic acids is 2. The molecule has 0 aliphatic carbocycles. The van der Waals surface area contributed by atoms with E-state index in [1.165, 1.54) is 12.5 Å². The number of hydrogen-bond acceptors (Lipinski definition) is 8. The summed E-state index contributed by atoms with van der Waals surface area (Å²) in [5.41, 5.74) is 7.74. The summed E-state index contributed by atoms with van der Waals surface area (Å²) in [5.74, 6) is -4.86. The Bertz CT molecular complexity index is 1340. The molecule has 214 valence electrons. The zero-order chi connectivity index (χ0) is 29.2. The lowest BCUT2D eigenvalue weighted by Gasteiger charge is -2.25. The summed E-state index contributed by atoms with van der Waals surface area (Å²) < 4.78 is 0. The van der Waals surface area contributed by atoms with Gasteiger partial charge in [0.15, 0.2) is 0 Å². The van der Waals surface area contributed by atoms with Crippen molar-refractivity contribution in [3.8, 4) is 0 Å². The highest BCUT2D eigenvalue weighted by atomic mass is 32.1. The third-order valence-corrected chi connectivity index (χ3v) is 6.53. The topological polar surface area (TPSA) is 232 Å². The number of benzene rings is 1. The van der Waals surface area contributed by atoms with Crippen molar-refractivity contribution in [1.29, 1.82) is 0 Å². The number of hydrogen-bond donors (Lipinski definition) is 9. The van der Waals surface area contributed by atoms with Gasteiger partial charge in [0.05, 0.1) is 12.4 Å². The van der Waals surface area contributed by atoms with Gasteiger partial charge in [-0.15, -0.1) is 0 Å². The number of amides is 3. The Kier molecular flexibility index (Phi) is 10.7. The molecule has 14 nitrogen and oxygen atoms in total. The molecule has 0 fully saturated rings. The van der Waals surface area contributed by atoms with Gasteiger partial charge in [-0.1, -0.05) is 18.2 Å². The van der Waals surface area contributed by atoms with Gasteiger partial charge < -0.3 is 41.9 Å². The molecule has 2 aromatic heterocycles. The number of carboxylic acid groups (broad SMARTS) is 2. The Morgan fingerprint density at radius 2 is 1.60 bits per heavy atom. The lowest BCUT2D eigenvalue weighted by molar-refractivity contribution is -0.143. The van der Waals surface area contributed by atoms with E-state index in [0.717, 1.165) is 10.9 Å². The Hall–Kier alpha value is -4.37. The maximum atomic E-state index is 13.4. The largest absolute Gasteiger partial charge is 0.481 e. The first-order chi connectivity index (χ1) is 19.1. The van der Waals surface area contributed by atoms with E-state index >= 15 is 0 Å². The molecule has 3 amide bonds. The van der Waals surface area contributed by atoms with Crippen LogP contribution in [-0.4, -0.2) is 84.7 Å². The molecule has 0 aliphatic rings. The van der Waals surface area contributed by atoms with E-state index < -0.39 is 60.2 Å². The summed E-state index contributed by atoms with van der Waals surface area (Å²) >= 11 is 4.02. The standard InChI is InChI=1S/C25H31N7O7S/c26-16(11-40)22(35)31-19(7-13-9-28-17-4-2-1-3-15(13)17)24(37)30-18(5-6-21(33)34)23(36)32-20(25(38)39)8-14-10-27-12-29-14/h1-4,9-10,12,16,18-20,28,40H,5-8,11,26H2,(H,27,29)(H,30,37)(H,31,35)(H,32,36)(H,33,34)(H,38,39). The smallest absolute Gasteiger partial charge is 0.326 e. The molecular formula is C25H31N7O7S. The maximum absolute atomic E-state index is 13.4. The molecule has 2 heterocycles. The molecular weight excluding hydrogens is 542 g/mol. The lowest BCUT2D eigenvalue weighted by atomic mass is 10.0. The third-order valence-electron chi connectivity index (χ3n) is 6.14. The van der Waals surface area contributed by atoms with Crippen molar-refractivity contribution in [2.45, 2.75) is 49.9 Å². The number of carboxylic acids is 2. The molecule has 0 aliphatic heterocycles. The third kappa shape index (κ3) is 8.31. The van der Waals surface area contributed by atoms with Gasteiger partial charge in [-0.3, -0.25) is 19.2 Å². The fourth-order valence-corrected chi connectivity index (χ4v) is 4.15. The summed E-state index contributed by atoms with van der Waals surface area (Å²) in [6, 6.07) is 2.34. The number of fused-ring (bicyclic) bond motifs is 1. The van der Waals surface area contributed by atoms with E-state index in [0.29, 0.717) is 11.3 Å². The van der Waals surface area contributed by atoms with Crippen molar-refractivity contribution >= 4 is 53.2 Å². The molecule has 0 bridgehead atoms. The SMILES string of the molecule is NC(CS)C(=O)NC(Cc1c[nH]c2ccccc12)C(=O)NC(CCC(=O)O)C(=O)NC(Cc1cnc[nH]1)C(=O)O. The zero-order valence-corrected chi connectivity index (χ0v) is 22.2. The molecule has 40 heavy (non-hydrogen) atoms. The number of carbonyl (C=O) groups is 5. The fraction of sp³-hybridized carbons (Fsp3) is 0.360. The monoisotopic (exact) mass is 573 g/mol. The predicted molar refractivity (Wildman–Crippen MR) is 146 cm³/mol. The van der Waals surface area contributed by atoms with Crippen molar-refractivity contribution < 1.29 is 34.2 Å². The average Bonchev–Trinajstić information content (AvgIpc) is 3.59. The first-order valence-electron chi connectivity index (χ1n) is 12.3. The second-order valence-electron chi connectivity index (χ2n) is 9.09. The molecule has 3 rings (SSSR count). The summed E-state index contributed by atoms with van der Waals surface area (Å²) in [7, 11) is 0. The molecule has 9 N–H and O–H groups in total. The highest BCUT2D eigenvalue weighted by Crippen LogP contribution is 2.19. The lowest BCUT2D eigenvalue weighted by Crippen LogP contribution is -2.58. The number of nitrogens with two attached hydrogens (primary N) is 1. The van der Waals surface area contributed by atoms with Crippen LogP contribution in [0.25, 0.3) is 10.9 Å². The predicted octanol–water partition coefficient (Wildman–Crippen LogP) is -0.663. The molecule has 0 spiro atoms. The van der Waals surface area contributed by atoms with E-state index in [2.05, 4.69) is 43.5 Å². The number of rotatable bonds is 15. The summed E-state index contributed by atoms with van der Waals surface area (Å²) in [6.45, 7) is 0. The zero-order valence-electron chi connectivity index (χ0n) is 21.3. The Labute approximate surface area is 233 Å². The average molecular weight is 574 g/mol. The Morgan fingerprint density at radius 1 is 0.925 bits per heavy atom. The van der Waals surface area contributed by atoms with E-state index in [1.807, 2.05) is 24.3 Å². The molecule has 0 saturated carbocycles. The normalized spacial score (nSPS) is 14.1. The number of carbonyl (C=O) groups excluding carboxylic acids is 3. The van der Waals surface area contributed by atoms with E-state index in [4.69, 9.17) is 5.73 Å². The van der Waals surface area contributed by atoms with Crippen molar-refractivity contribution in [3.05, 3.63) is 54.2 Å². The molecule has 4 unspecified atom stereocenters. The second-order valence-corrected chi connectivity index (χ2v) is 9.45. The van der Waals surface area contributed by atoms with Crippen molar-refractivity contribution in [1.82, 2.24) is 30.9 Å². The van der Waals surface area contributed by atoms with E-state index in [-0.39, 0.29) is 25.0 Å². The molecule has 4 atom stereocenters.